The van der Waals surface area contributed by atoms with Crippen molar-refractivity contribution in [1.29, 1.82) is 0 Å². The second-order valence-electron chi connectivity index (χ2n) is 1.35. The van der Waals surface area contributed by atoms with Crippen LogP contribution in [0.15, 0.2) is 11.0 Å². The zero-order chi connectivity index (χ0) is 6.85. The van der Waals surface area contributed by atoms with Gasteiger partial charge in [0.25, 0.3) is 0 Å². The van der Waals surface area contributed by atoms with Crippen LogP contribution in [0.3, 0.4) is 0 Å². The molecule has 0 aliphatic carbocycles. The van der Waals surface area contributed by atoms with Gasteiger partial charge in [0, 0.05) is 0 Å². The summed E-state index contributed by atoms with van der Waals surface area (Å²) in [5, 5.41) is 0. The summed E-state index contributed by atoms with van der Waals surface area (Å²) in [6.45, 7) is 0. The van der Waals surface area contributed by atoms with Crippen LogP contribution in [0, 0.1) is 11.8 Å². The van der Waals surface area contributed by atoms with Crippen LogP contribution in [-0.4, -0.2) is 9.97 Å². The van der Waals surface area contributed by atoms with Crippen LogP contribution in [-0.2, 0) is 0 Å². The highest BCUT2D eigenvalue weighted by Gasteiger charge is 1.99. The molecule has 0 amide bonds. The van der Waals surface area contributed by atoms with Gasteiger partial charge in [-0.05, 0) is 0 Å². The van der Waals surface area contributed by atoms with Gasteiger partial charge in [-0.3, -0.25) is 4.98 Å². The highest BCUT2D eigenvalue weighted by Crippen LogP contribution is 1.92. The SMILES string of the molecule is O=c1ncc(F)c(F)[nH]1. The Hall–Kier alpha value is -1.26. The Labute approximate surface area is 48.4 Å². The topological polar surface area (TPSA) is 45.8 Å². The molecule has 3 nitrogen and oxygen atoms in total. The van der Waals surface area contributed by atoms with Crippen molar-refractivity contribution >= 4 is 0 Å². The van der Waals surface area contributed by atoms with E-state index in [1.54, 1.807) is 0 Å². The lowest BCUT2D eigenvalue weighted by molar-refractivity contribution is 0.468. The van der Waals surface area contributed by atoms with Crippen LogP contribution in [0.1, 0.15) is 0 Å². The van der Waals surface area contributed by atoms with Crippen LogP contribution >= 0.6 is 0 Å². The van der Waals surface area contributed by atoms with E-state index < -0.39 is 17.5 Å². The highest BCUT2D eigenvalue weighted by atomic mass is 19.2. The van der Waals surface area contributed by atoms with Crippen molar-refractivity contribution in [2.45, 2.75) is 0 Å². The van der Waals surface area contributed by atoms with E-state index in [0.717, 1.165) is 0 Å². The largest absolute Gasteiger partial charge is 0.347 e. The molecule has 1 N–H and O–H groups in total. The molecule has 1 heterocycles. The van der Waals surface area contributed by atoms with Gasteiger partial charge >= 0.3 is 5.69 Å². The first kappa shape index (κ1) is 5.87. The van der Waals surface area contributed by atoms with Crippen LogP contribution in [0.5, 0.6) is 0 Å². The highest BCUT2D eigenvalue weighted by molar-refractivity contribution is 4.85. The molecule has 0 aromatic carbocycles. The molecule has 48 valence electrons. The summed E-state index contributed by atoms with van der Waals surface area (Å²) in [6.07, 6.45) is 0.522. The molecule has 0 bridgehead atoms. The summed E-state index contributed by atoms with van der Waals surface area (Å²) in [5.41, 5.74) is -0.895. The normalized spacial score (nSPS) is 9.56. The maximum atomic E-state index is 11.9. The van der Waals surface area contributed by atoms with Crippen molar-refractivity contribution in [3.05, 3.63) is 28.4 Å². The summed E-state index contributed by atoms with van der Waals surface area (Å²) in [4.78, 5) is 14.5. The third-order valence-corrected chi connectivity index (χ3v) is 0.722. The molecule has 0 unspecified atom stereocenters. The lowest BCUT2D eigenvalue weighted by Gasteiger charge is -1.85. The minimum atomic E-state index is -1.28. The van der Waals surface area contributed by atoms with Gasteiger partial charge in [-0.25, -0.2) is 9.18 Å². The standard InChI is InChI=1S/C4H2F2N2O/c5-2-1-7-4(9)8-3(2)6/h1H,(H,7,8,9). The van der Waals surface area contributed by atoms with Crippen molar-refractivity contribution in [3.8, 4) is 0 Å². The van der Waals surface area contributed by atoms with Crippen LogP contribution in [0.2, 0.25) is 0 Å². The molecule has 5 heteroatoms. The van der Waals surface area contributed by atoms with Gasteiger partial charge < -0.3 is 0 Å². The average molecular weight is 132 g/mol. The van der Waals surface area contributed by atoms with E-state index in [4.69, 9.17) is 0 Å². The molecule has 0 saturated heterocycles. The molecule has 1 rings (SSSR count). The second kappa shape index (κ2) is 1.93. The summed E-state index contributed by atoms with van der Waals surface area (Å²) < 4.78 is 23.8. The molecule has 0 aliphatic heterocycles. The molecule has 1 aromatic heterocycles. The third kappa shape index (κ3) is 1.10. The number of H-pyrrole nitrogens is 1. The monoisotopic (exact) mass is 132 g/mol. The summed E-state index contributed by atoms with van der Waals surface area (Å²) in [7, 11) is 0. The number of rotatable bonds is 0. The van der Waals surface area contributed by atoms with Gasteiger partial charge in [0.2, 0.25) is 5.95 Å². The van der Waals surface area contributed by atoms with E-state index in [-0.39, 0.29) is 0 Å². The Kier molecular flexibility index (Phi) is 1.26. The van der Waals surface area contributed by atoms with E-state index in [2.05, 4.69) is 4.98 Å². The fourth-order valence-electron chi connectivity index (χ4n) is 0.358. The summed E-state index contributed by atoms with van der Waals surface area (Å²) in [5.74, 6) is -2.44. The average Bonchev–Trinajstić information content (AvgIpc) is 1.80. The predicted molar refractivity (Wildman–Crippen MR) is 24.8 cm³/mol. The van der Waals surface area contributed by atoms with Crippen molar-refractivity contribution in [2.75, 3.05) is 0 Å². The molecule has 0 radical (unpaired) electrons. The lowest BCUT2D eigenvalue weighted by Crippen LogP contribution is -2.12. The number of halogens is 2. The summed E-state index contributed by atoms with van der Waals surface area (Å²) in [6, 6.07) is 0. The minimum absolute atomic E-state index is 0.522. The molecule has 0 spiro atoms. The third-order valence-electron chi connectivity index (χ3n) is 0.722. The predicted octanol–water partition coefficient (Wildman–Crippen LogP) is 0.0481. The maximum absolute atomic E-state index is 11.9. The quantitative estimate of drug-likeness (QED) is 0.507. The van der Waals surface area contributed by atoms with E-state index in [1.807, 2.05) is 0 Å². The van der Waals surface area contributed by atoms with Gasteiger partial charge in [-0.15, -0.1) is 0 Å². The van der Waals surface area contributed by atoms with Crippen molar-refractivity contribution in [1.82, 2.24) is 9.97 Å². The minimum Gasteiger partial charge on any atom is -0.280 e. The van der Waals surface area contributed by atoms with Gasteiger partial charge in [-0.2, -0.15) is 9.37 Å². The van der Waals surface area contributed by atoms with Crippen molar-refractivity contribution < 1.29 is 8.78 Å². The molecule has 0 aliphatic rings. The molecule has 9 heavy (non-hydrogen) atoms. The van der Waals surface area contributed by atoms with Crippen LogP contribution in [0.25, 0.3) is 0 Å². The maximum Gasteiger partial charge on any atom is 0.347 e. The number of hydrogen-bond donors (Lipinski definition) is 1. The van der Waals surface area contributed by atoms with Gasteiger partial charge in [0.1, 0.15) is 0 Å². The Morgan fingerprint density at radius 1 is 1.56 bits per heavy atom. The van der Waals surface area contributed by atoms with Gasteiger partial charge in [-0.1, -0.05) is 0 Å². The Morgan fingerprint density at radius 2 is 2.22 bits per heavy atom. The van der Waals surface area contributed by atoms with Gasteiger partial charge in [0.15, 0.2) is 5.82 Å². The number of aromatic amines is 1. The first-order valence-electron chi connectivity index (χ1n) is 2.10. The van der Waals surface area contributed by atoms with Crippen molar-refractivity contribution in [3.63, 3.8) is 0 Å². The molecular formula is C4H2F2N2O. The molecule has 0 fully saturated rings. The van der Waals surface area contributed by atoms with E-state index in [0.29, 0.717) is 6.20 Å². The molecule has 1 aromatic rings. The fourth-order valence-corrected chi connectivity index (χ4v) is 0.358. The zero-order valence-electron chi connectivity index (χ0n) is 4.19. The zero-order valence-corrected chi connectivity index (χ0v) is 4.19. The second-order valence-corrected chi connectivity index (χ2v) is 1.35. The Morgan fingerprint density at radius 3 is 2.67 bits per heavy atom. The first-order chi connectivity index (χ1) is 4.20. The number of hydrogen-bond acceptors (Lipinski definition) is 2. The molecule has 0 atom stereocenters. The Bertz CT molecular complexity index is 270. The smallest absolute Gasteiger partial charge is 0.280 e. The van der Waals surface area contributed by atoms with E-state index >= 15 is 0 Å². The van der Waals surface area contributed by atoms with E-state index in [1.165, 1.54) is 4.98 Å². The number of nitrogens with one attached hydrogen (secondary N) is 1. The Balaban J connectivity index is 3.34. The number of aromatic nitrogens is 2. The molecular weight excluding hydrogens is 130 g/mol. The fraction of sp³-hybridized carbons (Fsp3) is 0. The summed E-state index contributed by atoms with van der Waals surface area (Å²) >= 11 is 0. The molecule has 0 saturated carbocycles. The van der Waals surface area contributed by atoms with Gasteiger partial charge in [0.05, 0.1) is 6.20 Å². The number of nitrogens with zero attached hydrogens (tertiary/aromatic N) is 1. The lowest BCUT2D eigenvalue weighted by atomic mass is 10.6. The van der Waals surface area contributed by atoms with Crippen LogP contribution in [0.4, 0.5) is 8.78 Å². The first-order valence-corrected chi connectivity index (χ1v) is 2.10. The van der Waals surface area contributed by atoms with E-state index in [9.17, 15) is 13.6 Å². The van der Waals surface area contributed by atoms with Crippen molar-refractivity contribution in [2.24, 2.45) is 0 Å². The van der Waals surface area contributed by atoms with Crippen LogP contribution < -0.4 is 5.69 Å².